The molecule has 2 aromatic carbocycles. The highest BCUT2D eigenvalue weighted by atomic mass is 35.5. The Labute approximate surface area is 154 Å². The summed E-state index contributed by atoms with van der Waals surface area (Å²) >= 11 is 11.9. The molecule has 3 N–H and O–H groups in total. The Morgan fingerprint density at radius 2 is 1.80 bits per heavy atom. The van der Waals surface area contributed by atoms with Gasteiger partial charge in [0.2, 0.25) is 0 Å². The maximum atomic E-state index is 11.9. The van der Waals surface area contributed by atoms with Gasteiger partial charge in [-0.05, 0) is 30.2 Å². The quantitative estimate of drug-likeness (QED) is 0.607. The fourth-order valence-corrected chi connectivity index (χ4v) is 2.86. The number of fused-ring (bicyclic) bond motifs is 1. The van der Waals surface area contributed by atoms with E-state index in [1.807, 2.05) is 30.5 Å². The second kappa shape index (κ2) is 7.59. The lowest BCUT2D eigenvalue weighted by molar-refractivity contribution is -0.136. The Balaban J connectivity index is 1.55. The van der Waals surface area contributed by atoms with Crippen LogP contribution in [0, 0.1) is 0 Å². The first-order valence-corrected chi connectivity index (χ1v) is 8.40. The van der Waals surface area contributed by atoms with E-state index >= 15 is 0 Å². The van der Waals surface area contributed by atoms with Crippen LogP contribution in [-0.2, 0) is 16.0 Å². The number of carbonyl (C=O) groups excluding carboxylic acids is 2. The molecule has 0 aliphatic rings. The van der Waals surface area contributed by atoms with E-state index < -0.39 is 11.8 Å². The van der Waals surface area contributed by atoms with Crippen LogP contribution in [0.3, 0.4) is 0 Å². The van der Waals surface area contributed by atoms with Crippen molar-refractivity contribution < 1.29 is 9.59 Å². The number of hydrogen-bond donors (Lipinski definition) is 3. The van der Waals surface area contributed by atoms with E-state index in [4.69, 9.17) is 23.2 Å². The zero-order valence-electron chi connectivity index (χ0n) is 13.1. The molecule has 0 saturated carbocycles. The van der Waals surface area contributed by atoms with Crippen LogP contribution >= 0.6 is 23.2 Å². The molecule has 0 bridgehead atoms. The Kier molecular flexibility index (Phi) is 5.26. The average molecular weight is 376 g/mol. The van der Waals surface area contributed by atoms with Crippen molar-refractivity contribution in [3.8, 4) is 0 Å². The molecular weight excluding hydrogens is 361 g/mol. The van der Waals surface area contributed by atoms with Gasteiger partial charge in [-0.25, -0.2) is 0 Å². The molecule has 0 radical (unpaired) electrons. The van der Waals surface area contributed by atoms with Gasteiger partial charge >= 0.3 is 11.8 Å². The van der Waals surface area contributed by atoms with Gasteiger partial charge in [-0.15, -0.1) is 0 Å². The van der Waals surface area contributed by atoms with Crippen LogP contribution in [-0.4, -0.2) is 23.3 Å². The molecule has 1 heterocycles. The first-order chi connectivity index (χ1) is 12.1. The average Bonchev–Trinajstić information content (AvgIpc) is 3.02. The van der Waals surface area contributed by atoms with E-state index in [0.29, 0.717) is 23.7 Å². The van der Waals surface area contributed by atoms with Crippen LogP contribution < -0.4 is 10.6 Å². The summed E-state index contributed by atoms with van der Waals surface area (Å²) < 4.78 is 0. The SMILES string of the molecule is O=C(NCCc1c[nH]c2ccccc12)C(=O)Nc1cccc(Cl)c1Cl. The first kappa shape index (κ1) is 17.3. The molecule has 0 aliphatic heterocycles. The van der Waals surface area contributed by atoms with E-state index in [9.17, 15) is 9.59 Å². The topological polar surface area (TPSA) is 74.0 Å². The van der Waals surface area contributed by atoms with E-state index in [1.165, 1.54) is 0 Å². The normalized spacial score (nSPS) is 10.6. The van der Waals surface area contributed by atoms with Gasteiger partial charge in [0.1, 0.15) is 0 Å². The number of amides is 2. The molecule has 5 nitrogen and oxygen atoms in total. The van der Waals surface area contributed by atoms with Crippen molar-refractivity contribution in [2.45, 2.75) is 6.42 Å². The third-order valence-corrected chi connectivity index (χ3v) is 4.58. The van der Waals surface area contributed by atoms with E-state index in [-0.39, 0.29) is 5.02 Å². The largest absolute Gasteiger partial charge is 0.361 e. The molecule has 0 spiro atoms. The lowest BCUT2D eigenvalue weighted by Crippen LogP contribution is -2.36. The highest BCUT2D eigenvalue weighted by Gasteiger charge is 2.15. The zero-order chi connectivity index (χ0) is 17.8. The molecule has 0 aliphatic carbocycles. The molecule has 25 heavy (non-hydrogen) atoms. The number of hydrogen-bond acceptors (Lipinski definition) is 2. The molecule has 128 valence electrons. The predicted octanol–water partition coefficient (Wildman–Crippen LogP) is 3.77. The number of benzene rings is 2. The number of aromatic nitrogens is 1. The summed E-state index contributed by atoms with van der Waals surface area (Å²) in [6.07, 6.45) is 2.52. The van der Waals surface area contributed by atoms with Crippen LogP contribution in [0.4, 0.5) is 5.69 Å². The second-order valence-corrected chi connectivity index (χ2v) is 6.21. The predicted molar refractivity (Wildman–Crippen MR) is 100 cm³/mol. The highest BCUT2D eigenvalue weighted by Crippen LogP contribution is 2.29. The number of carbonyl (C=O) groups is 2. The van der Waals surface area contributed by atoms with Gasteiger partial charge in [-0.1, -0.05) is 47.5 Å². The Morgan fingerprint density at radius 1 is 1.00 bits per heavy atom. The van der Waals surface area contributed by atoms with Crippen LogP contribution in [0.5, 0.6) is 0 Å². The van der Waals surface area contributed by atoms with Crippen LogP contribution in [0.15, 0.2) is 48.7 Å². The van der Waals surface area contributed by atoms with E-state index in [0.717, 1.165) is 16.5 Å². The Morgan fingerprint density at radius 3 is 2.64 bits per heavy atom. The number of nitrogens with one attached hydrogen (secondary N) is 3. The summed E-state index contributed by atoms with van der Waals surface area (Å²) in [5.41, 5.74) is 2.41. The molecule has 2 amide bonds. The van der Waals surface area contributed by atoms with Gasteiger partial charge < -0.3 is 15.6 Å². The highest BCUT2D eigenvalue weighted by molar-refractivity contribution is 6.45. The zero-order valence-corrected chi connectivity index (χ0v) is 14.6. The van der Waals surface area contributed by atoms with Crippen LogP contribution in [0.1, 0.15) is 5.56 Å². The summed E-state index contributed by atoms with van der Waals surface area (Å²) in [6.45, 7) is 0.345. The van der Waals surface area contributed by atoms with Crippen molar-refractivity contribution in [2.24, 2.45) is 0 Å². The van der Waals surface area contributed by atoms with Crippen molar-refractivity contribution in [3.63, 3.8) is 0 Å². The van der Waals surface area contributed by atoms with Crippen molar-refractivity contribution in [2.75, 3.05) is 11.9 Å². The standard InChI is InChI=1S/C18H15Cl2N3O2/c19-13-5-3-7-15(16(13)20)23-18(25)17(24)21-9-8-11-10-22-14-6-2-1-4-12(11)14/h1-7,10,22H,8-9H2,(H,21,24)(H,23,25). The smallest absolute Gasteiger partial charge is 0.313 e. The van der Waals surface area contributed by atoms with Gasteiger partial charge in [-0.2, -0.15) is 0 Å². The summed E-state index contributed by atoms with van der Waals surface area (Å²) in [4.78, 5) is 27.1. The maximum Gasteiger partial charge on any atom is 0.313 e. The fraction of sp³-hybridized carbons (Fsp3) is 0.111. The molecule has 0 saturated heterocycles. The summed E-state index contributed by atoms with van der Waals surface area (Å²) in [7, 11) is 0. The van der Waals surface area contributed by atoms with Gasteiger partial charge in [0.25, 0.3) is 0 Å². The lowest BCUT2D eigenvalue weighted by Gasteiger charge is -2.08. The minimum Gasteiger partial charge on any atom is -0.361 e. The van der Waals surface area contributed by atoms with Crippen molar-refractivity contribution in [3.05, 3.63) is 64.3 Å². The summed E-state index contributed by atoms with van der Waals surface area (Å²) in [5, 5.41) is 6.66. The van der Waals surface area contributed by atoms with Crippen molar-refractivity contribution in [1.82, 2.24) is 10.3 Å². The minimum absolute atomic E-state index is 0.198. The third-order valence-electron chi connectivity index (χ3n) is 3.76. The van der Waals surface area contributed by atoms with Gasteiger partial charge in [0, 0.05) is 23.6 Å². The summed E-state index contributed by atoms with van der Waals surface area (Å²) in [6, 6.07) is 12.7. The molecule has 3 aromatic rings. The molecule has 0 unspecified atom stereocenters. The van der Waals surface area contributed by atoms with E-state index in [2.05, 4.69) is 15.6 Å². The Bertz CT molecular complexity index is 937. The fourth-order valence-electron chi connectivity index (χ4n) is 2.51. The molecule has 7 heteroatoms. The van der Waals surface area contributed by atoms with Gasteiger partial charge in [-0.3, -0.25) is 9.59 Å². The Hall–Kier alpha value is -2.50. The summed E-state index contributed by atoms with van der Waals surface area (Å²) in [5.74, 6) is -1.51. The maximum absolute atomic E-state index is 11.9. The molecule has 1 aromatic heterocycles. The molecule has 0 fully saturated rings. The number of anilines is 1. The number of aromatic amines is 1. The lowest BCUT2D eigenvalue weighted by atomic mass is 10.1. The number of H-pyrrole nitrogens is 1. The van der Waals surface area contributed by atoms with Gasteiger partial charge in [0.15, 0.2) is 0 Å². The second-order valence-electron chi connectivity index (χ2n) is 5.42. The monoisotopic (exact) mass is 375 g/mol. The molecular formula is C18H15Cl2N3O2. The number of rotatable bonds is 4. The third kappa shape index (κ3) is 3.95. The first-order valence-electron chi connectivity index (χ1n) is 7.64. The van der Waals surface area contributed by atoms with Gasteiger partial charge in [0.05, 0.1) is 15.7 Å². The van der Waals surface area contributed by atoms with Crippen LogP contribution in [0.25, 0.3) is 10.9 Å². The number of para-hydroxylation sites is 1. The molecule has 3 rings (SSSR count). The van der Waals surface area contributed by atoms with E-state index in [1.54, 1.807) is 18.2 Å². The molecule has 0 atom stereocenters. The van der Waals surface area contributed by atoms with Crippen LogP contribution in [0.2, 0.25) is 10.0 Å². The number of halogens is 2. The minimum atomic E-state index is -0.789. The van der Waals surface area contributed by atoms with Crippen molar-refractivity contribution in [1.29, 1.82) is 0 Å². The van der Waals surface area contributed by atoms with Crippen molar-refractivity contribution >= 4 is 51.6 Å².